The second kappa shape index (κ2) is 10.2. The number of carbonyl (C=O) groups excluding carboxylic acids is 1. The molecule has 0 fully saturated rings. The first-order valence-electron chi connectivity index (χ1n) is 10.5. The zero-order valence-corrected chi connectivity index (χ0v) is 19.0. The lowest BCUT2D eigenvalue weighted by molar-refractivity contribution is -0.137. The Morgan fingerprint density at radius 1 is 1.03 bits per heavy atom. The van der Waals surface area contributed by atoms with E-state index in [0.717, 1.165) is 6.21 Å². The third kappa shape index (κ3) is 5.39. The van der Waals surface area contributed by atoms with Crippen LogP contribution in [0, 0.1) is 5.41 Å². The van der Waals surface area contributed by atoms with Crippen molar-refractivity contribution in [3.63, 3.8) is 0 Å². The van der Waals surface area contributed by atoms with Gasteiger partial charge in [0.1, 0.15) is 11.5 Å². The molecule has 1 aromatic heterocycles. The molecule has 0 bridgehead atoms. The average molecular weight is 490 g/mol. The van der Waals surface area contributed by atoms with E-state index in [1.807, 2.05) is 18.2 Å². The second-order valence-electron chi connectivity index (χ2n) is 7.64. The highest BCUT2D eigenvalue weighted by Gasteiger charge is 2.24. The number of hydrogen-bond acceptors (Lipinski definition) is 6. The number of hydrogen-bond donors (Lipinski definition) is 4. The molecular formula is C26H20ClN3O5. The van der Waals surface area contributed by atoms with Crippen LogP contribution >= 0.6 is 11.6 Å². The molecule has 9 heteroatoms. The van der Waals surface area contributed by atoms with E-state index < -0.39 is 30.1 Å². The molecule has 0 saturated carbocycles. The molecule has 0 saturated heterocycles. The van der Waals surface area contributed by atoms with Crippen LogP contribution in [0.3, 0.4) is 0 Å². The molecule has 1 atom stereocenters. The average Bonchev–Trinajstić information content (AvgIpc) is 2.84. The summed E-state index contributed by atoms with van der Waals surface area (Å²) in [7, 11) is 0. The number of aromatic hydroxyl groups is 1. The molecule has 8 nitrogen and oxygen atoms in total. The van der Waals surface area contributed by atoms with Gasteiger partial charge in [-0.15, -0.1) is 0 Å². The minimum absolute atomic E-state index is 0.138. The van der Waals surface area contributed by atoms with E-state index in [0.29, 0.717) is 32.9 Å². The van der Waals surface area contributed by atoms with Crippen molar-refractivity contribution in [2.24, 2.45) is 0 Å². The van der Waals surface area contributed by atoms with Crippen LogP contribution in [0.25, 0.3) is 10.8 Å². The van der Waals surface area contributed by atoms with Gasteiger partial charge in [-0.2, -0.15) is 0 Å². The Labute approximate surface area is 205 Å². The van der Waals surface area contributed by atoms with E-state index in [1.165, 1.54) is 0 Å². The van der Waals surface area contributed by atoms with Crippen LogP contribution in [-0.2, 0) is 4.79 Å². The number of nitrogens with one attached hydrogen (secondary N) is 2. The predicted octanol–water partition coefficient (Wildman–Crippen LogP) is 5.33. The van der Waals surface area contributed by atoms with Crippen molar-refractivity contribution in [3.05, 3.63) is 94.8 Å². The van der Waals surface area contributed by atoms with Gasteiger partial charge in [0, 0.05) is 22.0 Å². The fourth-order valence-corrected chi connectivity index (χ4v) is 3.83. The number of benzene rings is 3. The van der Waals surface area contributed by atoms with Gasteiger partial charge >= 0.3 is 5.97 Å². The Balaban J connectivity index is 1.69. The molecule has 0 aliphatic rings. The third-order valence-electron chi connectivity index (χ3n) is 5.24. The first kappa shape index (κ1) is 23.7. The number of fused-ring (bicyclic) bond motifs is 1. The number of halogens is 1. The summed E-state index contributed by atoms with van der Waals surface area (Å²) in [6.07, 6.45) is 0.564. The Hall–Kier alpha value is -4.43. The molecule has 4 N–H and O–H groups in total. The van der Waals surface area contributed by atoms with Crippen molar-refractivity contribution < 1.29 is 24.5 Å². The largest absolute Gasteiger partial charge is 0.505 e. The highest BCUT2D eigenvalue weighted by atomic mass is 35.5. The maximum atomic E-state index is 13.1. The first-order chi connectivity index (χ1) is 16.9. The minimum atomic E-state index is -1.13. The zero-order chi connectivity index (χ0) is 24.9. The number of pyridine rings is 1. The van der Waals surface area contributed by atoms with Crippen molar-refractivity contribution in [1.82, 2.24) is 10.3 Å². The molecule has 0 spiro atoms. The second-order valence-corrected chi connectivity index (χ2v) is 8.08. The number of carbonyl (C=O) groups is 2. The molecule has 176 valence electrons. The van der Waals surface area contributed by atoms with Crippen LogP contribution in [0.1, 0.15) is 34.2 Å². The van der Waals surface area contributed by atoms with Crippen LogP contribution in [-0.4, -0.2) is 33.3 Å². The Kier molecular flexibility index (Phi) is 6.93. The summed E-state index contributed by atoms with van der Waals surface area (Å²) < 4.78 is 5.82. The first-order valence-corrected chi connectivity index (χ1v) is 10.9. The molecule has 0 aliphatic heterocycles. The van der Waals surface area contributed by atoms with Gasteiger partial charge < -0.3 is 25.7 Å². The highest BCUT2D eigenvalue weighted by molar-refractivity contribution is 6.30. The molecule has 1 amide bonds. The van der Waals surface area contributed by atoms with Crippen molar-refractivity contribution in [1.29, 1.82) is 5.41 Å². The predicted molar refractivity (Wildman–Crippen MR) is 132 cm³/mol. The molecular weight excluding hydrogens is 470 g/mol. The van der Waals surface area contributed by atoms with Crippen molar-refractivity contribution >= 4 is 40.5 Å². The monoisotopic (exact) mass is 489 g/mol. The van der Waals surface area contributed by atoms with Crippen LogP contribution in [0.5, 0.6) is 17.2 Å². The van der Waals surface area contributed by atoms with Gasteiger partial charge in [-0.3, -0.25) is 9.59 Å². The SMILES string of the molecule is N=Cc1nc(C(=O)NC(CC(=O)O)c2cccc(Cl)c2)c(O)c2ccc(Oc3ccccc3)cc12. The van der Waals surface area contributed by atoms with Gasteiger partial charge in [-0.25, -0.2) is 4.98 Å². The number of rotatable bonds is 8. The molecule has 3 aromatic carbocycles. The topological polar surface area (TPSA) is 133 Å². The van der Waals surface area contributed by atoms with E-state index in [-0.39, 0.29) is 11.4 Å². The van der Waals surface area contributed by atoms with Gasteiger partial charge in [-0.05, 0) is 48.0 Å². The molecule has 0 aliphatic carbocycles. The summed E-state index contributed by atoms with van der Waals surface area (Å²) in [5, 5.41) is 31.7. The zero-order valence-electron chi connectivity index (χ0n) is 18.2. The standard InChI is InChI=1S/C26H20ClN3O5/c27-16-6-4-5-15(11-16)21(13-23(31)32)30-26(34)24-25(33)19-10-9-18(12-20(19)22(14-28)29-24)35-17-7-2-1-3-8-17/h1-12,14,21,28,33H,13H2,(H,30,34)(H,31,32). The summed E-state index contributed by atoms with van der Waals surface area (Å²) in [6.45, 7) is 0. The number of amides is 1. The van der Waals surface area contributed by atoms with Crippen LogP contribution in [0.2, 0.25) is 5.02 Å². The van der Waals surface area contributed by atoms with Crippen LogP contribution < -0.4 is 10.1 Å². The van der Waals surface area contributed by atoms with Gasteiger partial charge in [-0.1, -0.05) is 41.9 Å². The summed E-state index contributed by atoms with van der Waals surface area (Å²) >= 11 is 6.03. The van der Waals surface area contributed by atoms with Gasteiger partial charge in [0.05, 0.1) is 18.2 Å². The fraction of sp³-hybridized carbons (Fsp3) is 0.0769. The normalized spacial score (nSPS) is 11.6. The van der Waals surface area contributed by atoms with E-state index in [9.17, 15) is 19.8 Å². The number of aromatic nitrogens is 1. The third-order valence-corrected chi connectivity index (χ3v) is 5.48. The van der Waals surface area contributed by atoms with Crippen molar-refractivity contribution in [2.45, 2.75) is 12.5 Å². The molecule has 1 heterocycles. The maximum absolute atomic E-state index is 13.1. The molecule has 4 rings (SSSR count). The number of carboxylic acids is 1. The Morgan fingerprint density at radius 3 is 2.49 bits per heavy atom. The molecule has 1 unspecified atom stereocenters. The lowest BCUT2D eigenvalue weighted by atomic mass is 10.0. The van der Waals surface area contributed by atoms with E-state index >= 15 is 0 Å². The van der Waals surface area contributed by atoms with E-state index in [2.05, 4.69) is 10.3 Å². The quantitative estimate of drug-likeness (QED) is 0.247. The lowest BCUT2D eigenvalue weighted by Gasteiger charge is -2.18. The number of ether oxygens (including phenoxy) is 1. The fourth-order valence-electron chi connectivity index (χ4n) is 3.64. The smallest absolute Gasteiger partial charge is 0.305 e. The van der Waals surface area contributed by atoms with Gasteiger partial charge in [0.2, 0.25) is 0 Å². The van der Waals surface area contributed by atoms with Crippen LogP contribution in [0.15, 0.2) is 72.8 Å². The van der Waals surface area contributed by atoms with E-state index in [1.54, 1.807) is 54.6 Å². The van der Waals surface area contributed by atoms with Crippen LogP contribution in [0.4, 0.5) is 0 Å². The van der Waals surface area contributed by atoms with Gasteiger partial charge in [0.15, 0.2) is 11.4 Å². The number of nitrogens with zero attached hydrogens (tertiary/aromatic N) is 1. The summed E-state index contributed by atoms with van der Waals surface area (Å²) in [5.41, 5.74) is 0.299. The number of carboxylic acid groups (broad SMARTS) is 1. The number of para-hydroxylation sites is 1. The van der Waals surface area contributed by atoms with Crippen molar-refractivity contribution in [2.75, 3.05) is 0 Å². The summed E-state index contributed by atoms with van der Waals surface area (Å²) in [5.74, 6) is -1.23. The maximum Gasteiger partial charge on any atom is 0.305 e. The number of aliphatic carboxylic acids is 1. The minimum Gasteiger partial charge on any atom is -0.505 e. The highest BCUT2D eigenvalue weighted by Crippen LogP contribution is 2.34. The molecule has 35 heavy (non-hydrogen) atoms. The molecule has 0 radical (unpaired) electrons. The lowest BCUT2D eigenvalue weighted by Crippen LogP contribution is -2.31. The van der Waals surface area contributed by atoms with E-state index in [4.69, 9.17) is 21.7 Å². The van der Waals surface area contributed by atoms with Crippen molar-refractivity contribution in [3.8, 4) is 17.2 Å². The molecule has 4 aromatic rings. The summed E-state index contributed by atoms with van der Waals surface area (Å²) in [6, 6.07) is 19.5. The summed E-state index contributed by atoms with van der Waals surface area (Å²) in [4.78, 5) is 28.7. The van der Waals surface area contributed by atoms with Gasteiger partial charge in [0.25, 0.3) is 5.91 Å². The Bertz CT molecular complexity index is 1430. The Morgan fingerprint density at radius 2 is 1.80 bits per heavy atom.